The molecule has 0 aromatic rings. The van der Waals surface area contributed by atoms with Crippen LogP contribution in [-0.4, -0.2) is 36.2 Å². The first-order valence-corrected chi connectivity index (χ1v) is 7.51. The third-order valence-electron chi connectivity index (χ3n) is 3.60. The Morgan fingerprint density at radius 3 is 2.67 bits per heavy atom. The molecule has 15 heavy (non-hydrogen) atoms. The minimum Gasteiger partial charge on any atom is -0.317 e. The van der Waals surface area contributed by atoms with E-state index in [2.05, 4.69) is 29.3 Å². The molecular formula is C12H24N2S. The van der Waals surface area contributed by atoms with E-state index in [1.54, 1.807) is 0 Å². The van der Waals surface area contributed by atoms with Crippen LogP contribution in [0, 0.1) is 0 Å². The maximum atomic E-state index is 3.85. The van der Waals surface area contributed by atoms with Crippen molar-refractivity contribution < 1.29 is 0 Å². The molecular weight excluding hydrogens is 204 g/mol. The molecule has 2 rings (SSSR count). The van der Waals surface area contributed by atoms with E-state index in [0.717, 1.165) is 17.3 Å². The highest BCUT2D eigenvalue weighted by Gasteiger charge is 2.26. The molecule has 3 heteroatoms. The summed E-state index contributed by atoms with van der Waals surface area (Å²) in [5.41, 5.74) is 0. The monoisotopic (exact) mass is 228 g/mol. The minimum absolute atomic E-state index is 0.793. The third-order valence-corrected chi connectivity index (χ3v) is 4.83. The van der Waals surface area contributed by atoms with Crippen LogP contribution in [0.15, 0.2) is 0 Å². The van der Waals surface area contributed by atoms with E-state index < -0.39 is 0 Å². The first kappa shape index (κ1) is 11.7. The molecule has 1 saturated carbocycles. The lowest BCUT2D eigenvalue weighted by atomic mass is 10.1. The lowest BCUT2D eigenvalue weighted by Gasteiger charge is -2.27. The number of piperidine rings is 1. The highest BCUT2D eigenvalue weighted by molar-refractivity contribution is 7.99. The molecule has 0 aromatic heterocycles. The normalized spacial score (nSPS) is 33.4. The van der Waals surface area contributed by atoms with Crippen molar-refractivity contribution in [3.05, 3.63) is 0 Å². The van der Waals surface area contributed by atoms with E-state index in [-0.39, 0.29) is 0 Å². The van der Waals surface area contributed by atoms with E-state index in [0.29, 0.717) is 0 Å². The Morgan fingerprint density at radius 2 is 1.93 bits per heavy atom. The van der Waals surface area contributed by atoms with E-state index in [1.807, 2.05) is 0 Å². The summed E-state index contributed by atoms with van der Waals surface area (Å²) >= 11 is 2.15. The van der Waals surface area contributed by atoms with E-state index >= 15 is 0 Å². The van der Waals surface area contributed by atoms with Crippen molar-refractivity contribution >= 4 is 11.8 Å². The number of thioether (sulfide) groups is 1. The van der Waals surface area contributed by atoms with E-state index in [1.165, 1.54) is 50.9 Å². The van der Waals surface area contributed by atoms with Gasteiger partial charge in [-0.05, 0) is 50.9 Å². The molecule has 2 aliphatic rings. The lowest BCUT2D eigenvalue weighted by Crippen LogP contribution is -2.43. The van der Waals surface area contributed by atoms with Crippen molar-refractivity contribution in [1.29, 1.82) is 0 Å². The van der Waals surface area contributed by atoms with Crippen LogP contribution >= 0.6 is 11.8 Å². The second-order valence-electron chi connectivity index (χ2n) is 4.78. The van der Waals surface area contributed by atoms with Gasteiger partial charge in [-0.3, -0.25) is 0 Å². The molecule has 2 atom stereocenters. The van der Waals surface area contributed by atoms with Gasteiger partial charge in [0.05, 0.1) is 0 Å². The molecule has 0 aromatic carbocycles. The van der Waals surface area contributed by atoms with E-state index in [4.69, 9.17) is 0 Å². The van der Waals surface area contributed by atoms with Gasteiger partial charge >= 0.3 is 0 Å². The molecule has 2 nitrogen and oxygen atoms in total. The maximum absolute atomic E-state index is 3.85. The summed E-state index contributed by atoms with van der Waals surface area (Å²) < 4.78 is 0. The molecule has 0 radical (unpaired) electrons. The van der Waals surface area contributed by atoms with Crippen LogP contribution in [0.5, 0.6) is 0 Å². The summed E-state index contributed by atoms with van der Waals surface area (Å²) in [6.45, 7) is 4.69. The van der Waals surface area contributed by atoms with Crippen LogP contribution in [0.1, 0.15) is 39.0 Å². The van der Waals surface area contributed by atoms with Crippen LogP contribution in [0.25, 0.3) is 0 Å². The van der Waals surface area contributed by atoms with Crippen LogP contribution in [-0.2, 0) is 0 Å². The Hall–Kier alpha value is 0.270. The fourth-order valence-corrected chi connectivity index (χ4v) is 3.94. The van der Waals surface area contributed by atoms with Crippen molar-refractivity contribution in [1.82, 2.24) is 10.6 Å². The maximum Gasteiger partial charge on any atom is 0.00938 e. The van der Waals surface area contributed by atoms with Crippen molar-refractivity contribution in [2.24, 2.45) is 0 Å². The quantitative estimate of drug-likeness (QED) is 0.769. The first-order valence-electron chi connectivity index (χ1n) is 6.47. The predicted molar refractivity (Wildman–Crippen MR) is 68.6 cm³/mol. The Labute approximate surface area is 98.0 Å². The minimum atomic E-state index is 0.793. The summed E-state index contributed by atoms with van der Waals surface area (Å²) in [5.74, 6) is 1.28. The van der Waals surface area contributed by atoms with Crippen molar-refractivity contribution in [3.63, 3.8) is 0 Å². The standard InChI is InChI=1S/C12H24N2S/c1-2-15-12-4-3-11(9-12)14-10-5-7-13-8-6-10/h10-14H,2-9H2,1H3. The van der Waals surface area contributed by atoms with Crippen LogP contribution in [0.3, 0.4) is 0 Å². The zero-order valence-electron chi connectivity index (χ0n) is 9.80. The third kappa shape index (κ3) is 3.65. The molecule has 1 saturated heterocycles. The van der Waals surface area contributed by atoms with Gasteiger partial charge in [-0.1, -0.05) is 6.92 Å². The van der Waals surface area contributed by atoms with Gasteiger partial charge in [0.2, 0.25) is 0 Å². The van der Waals surface area contributed by atoms with Crippen molar-refractivity contribution in [2.45, 2.75) is 56.4 Å². The summed E-state index contributed by atoms with van der Waals surface area (Å²) in [6.07, 6.45) is 6.88. The Morgan fingerprint density at radius 1 is 1.13 bits per heavy atom. The number of hydrogen-bond donors (Lipinski definition) is 2. The van der Waals surface area contributed by atoms with Crippen LogP contribution < -0.4 is 10.6 Å². The molecule has 1 heterocycles. The van der Waals surface area contributed by atoms with Gasteiger partial charge in [0.25, 0.3) is 0 Å². The second kappa shape index (κ2) is 6.12. The van der Waals surface area contributed by atoms with Gasteiger partial charge in [-0.2, -0.15) is 11.8 Å². The highest BCUT2D eigenvalue weighted by atomic mass is 32.2. The van der Waals surface area contributed by atoms with Gasteiger partial charge < -0.3 is 10.6 Å². The zero-order chi connectivity index (χ0) is 10.5. The van der Waals surface area contributed by atoms with Gasteiger partial charge in [0.15, 0.2) is 0 Å². The summed E-state index contributed by atoms with van der Waals surface area (Å²) in [4.78, 5) is 0. The Kier molecular flexibility index (Phi) is 4.79. The fraction of sp³-hybridized carbons (Fsp3) is 1.00. The smallest absolute Gasteiger partial charge is 0.00938 e. The largest absolute Gasteiger partial charge is 0.317 e. The molecule has 88 valence electrons. The second-order valence-corrected chi connectivity index (χ2v) is 6.36. The average Bonchev–Trinajstić information content (AvgIpc) is 2.68. The summed E-state index contributed by atoms with van der Waals surface area (Å²) in [6, 6.07) is 1.61. The fourth-order valence-electron chi connectivity index (χ4n) is 2.80. The average molecular weight is 228 g/mol. The number of hydrogen-bond acceptors (Lipinski definition) is 3. The lowest BCUT2D eigenvalue weighted by molar-refractivity contribution is 0.349. The zero-order valence-corrected chi connectivity index (χ0v) is 10.6. The van der Waals surface area contributed by atoms with E-state index in [9.17, 15) is 0 Å². The highest BCUT2D eigenvalue weighted by Crippen LogP contribution is 2.30. The van der Waals surface area contributed by atoms with Crippen molar-refractivity contribution in [2.75, 3.05) is 18.8 Å². The molecule has 0 amide bonds. The first-order chi connectivity index (χ1) is 7.38. The SMILES string of the molecule is CCSC1CCC(NC2CCNCC2)C1. The predicted octanol–water partition coefficient (Wildman–Crippen LogP) is 2.00. The molecule has 2 fully saturated rings. The number of rotatable bonds is 4. The Balaban J connectivity index is 1.67. The molecule has 0 bridgehead atoms. The Bertz CT molecular complexity index is 180. The van der Waals surface area contributed by atoms with Gasteiger partial charge in [0.1, 0.15) is 0 Å². The van der Waals surface area contributed by atoms with Gasteiger partial charge in [-0.25, -0.2) is 0 Å². The molecule has 1 aliphatic heterocycles. The van der Waals surface area contributed by atoms with Crippen molar-refractivity contribution in [3.8, 4) is 0 Å². The molecule has 1 aliphatic carbocycles. The topological polar surface area (TPSA) is 24.1 Å². The van der Waals surface area contributed by atoms with Gasteiger partial charge in [-0.15, -0.1) is 0 Å². The summed E-state index contributed by atoms with van der Waals surface area (Å²) in [7, 11) is 0. The molecule has 2 unspecified atom stereocenters. The van der Waals surface area contributed by atoms with Crippen LogP contribution in [0.2, 0.25) is 0 Å². The van der Waals surface area contributed by atoms with Crippen LogP contribution in [0.4, 0.5) is 0 Å². The molecule has 2 N–H and O–H groups in total. The van der Waals surface area contributed by atoms with Gasteiger partial charge in [0, 0.05) is 17.3 Å². The molecule has 0 spiro atoms. The summed E-state index contributed by atoms with van der Waals surface area (Å²) in [5, 5.41) is 8.22. The number of nitrogens with one attached hydrogen (secondary N) is 2.